The molecule has 2 rings (SSSR count). The van der Waals surface area contributed by atoms with Crippen molar-refractivity contribution in [3.8, 4) is 5.75 Å². The Morgan fingerprint density at radius 2 is 2.19 bits per heavy atom. The SMILES string of the molecule is COc1cc(S(=O)(=O)NCCc2nc(C)no2)ccc1N. The minimum Gasteiger partial charge on any atom is -0.495 e. The Balaban J connectivity index is 2.04. The zero-order valence-electron chi connectivity index (χ0n) is 11.7. The lowest BCUT2D eigenvalue weighted by Crippen LogP contribution is -2.26. The first-order chi connectivity index (χ1) is 9.92. The number of aryl methyl sites for hydroxylation is 1. The summed E-state index contributed by atoms with van der Waals surface area (Å²) in [7, 11) is -2.22. The molecule has 0 spiro atoms. The maximum atomic E-state index is 12.1. The molecule has 0 aliphatic carbocycles. The zero-order chi connectivity index (χ0) is 15.5. The van der Waals surface area contributed by atoms with Crippen LogP contribution in [0.3, 0.4) is 0 Å². The largest absolute Gasteiger partial charge is 0.495 e. The van der Waals surface area contributed by atoms with Gasteiger partial charge in [-0.15, -0.1) is 0 Å². The van der Waals surface area contributed by atoms with Gasteiger partial charge in [-0.3, -0.25) is 0 Å². The van der Waals surface area contributed by atoms with Gasteiger partial charge in [0.05, 0.1) is 17.7 Å². The molecule has 0 amide bonds. The zero-order valence-corrected chi connectivity index (χ0v) is 12.5. The second-order valence-electron chi connectivity index (χ2n) is 4.29. The molecule has 1 heterocycles. The summed E-state index contributed by atoms with van der Waals surface area (Å²) in [4.78, 5) is 4.07. The van der Waals surface area contributed by atoms with Gasteiger partial charge in [-0.05, 0) is 19.1 Å². The maximum absolute atomic E-state index is 12.1. The number of nitrogens with one attached hydrogen (secondary N) is 1. The van der Waals surface area contributed by atoms with Gasteiger partial charge in [-0.1, -0.05) is 5.16 Å². The molecular formula is C12H16N4O4S. The van der Waals surface area contributed by atoms with Crippen molar-refractivity contribution in [1.82, 2.24) is 14.9 Å². The molecule has 114 valence electrons. The molecule has 8 nitrogen and oxygen atoms in total. The van der Waals surface area contributed by atoms with Crippen LogP contribution in [0.5, 0.6) is 5.75 Å². The molecule has 2 aromatic rings. The van der Waals surface area contributed by atoms with Crippen LogP contribution < -0.4 is 15.2 Å². The van der Waals surface area contributed by atoms with Crippen molar-refractivity contribution in [2.45, 2.75) is 18.2 Å². The summed E-state index contributed by atoms with van der Waals surface area (Å²) in [5, 5.41) is 3.63. The molecule has 0 saturated carbocycles. The van der Waals surface area contributed by atoms with E-state index >= 15 is 0 Å². The lowest BCUT2D eigenvalue weighted by atomic mass is 10.3. The second kappa shape index (κ2) is 6.10. The van der Waals surface area contributed by atoms with Crippen LogP contribution in [0, 0.1) is 6.92 Å². The quantitative estimate of drug-likeness (QED) is 0.745. The van der Waals surface area contributed by atoms with Crippen molar-refractivity contribution in [2.75, 3.05) is 19.4 Å². The minimum absolute atomic E-state index is 0.0789. The monoisotopic (exact) mass is 312 g/mol. The van der Waals surface area contributed by atoms with Crippen molar-refractivity contribution >= 4 is 15.7 Å². The summed E-state index contributed by atoms with van der Waals surface area (Å²) in [6.45, 7) is 1.84. The molecule has 0 aliphatic rings. The number of rotatable bonds is 6. The van der Waals surface area contributed by atoms with E-state index in [0.717, 1.165) is 0 Å². The predicted octanol–water partition coefficient (Wildman–Crippen LogP) is 0.490. The Morgan fingerprint density at radius 1 is 1.43 bits per heavy atom. The van der Waals surface area contributed by atoms with Gasteiger partial charge in [-0.25, -0.2) is 13.1 Å². The number of benzene rings is 1. The number of nitrogens with two attached hydrogens (primary N) is 1. The highest BCUT2D eigenvalue weighted by molar-refractivity contribution is 7.89. The Labute approximate surface area is 122 Å². The van der Waals surface area contributed by atoms with Gasteiger partial charge < -0.3 is 15.0 Å². The van der Waals surface area contributed by atoms with Gasteiger partial charge in [0.15, 0.2) is 5.82 Å². The van der Waals surface area contributed by atoms with Crippen LogP contribution in [0.15, 0.2) is 27.6 Å². The second-order valence-corrected chi connectivity index (χ2v) is 6.05. The molecule has 9 heteroatoms. The van der Waals surface area contributed by atoms with Gasteiger partial charge in [0, 0.05) is 19.0 Å². The molecular weight excluding hydrogens is 296 g/mol. The Morgan fingerprint density at radius 3 is 2.81 bits per heavy atom. The maximum Gasteiger partial charge on any atom is 0.240 e. The molecule has 0 fully saturated rings. The van der Waals surface area contributed by atoms with Crippen LogP contribution in [0.4, 0.5) is 5.69 Å². The fraction of sp³-hybridized carbons (Fsp3) is 0.333. The third kappa shape index (κ3) is 3.70. The van der Waals surface area contributed by atoms with Crippen LogP contribution in [0.2, 0.25) is 0 Å². The van der Waals surface area contributed by atoms with E-state index in [1.807, 2.05) is 0 Å². The summed E-state index contributed by atoms with van der Waals surface area (Å²) >= 11 is 0. The highest BCUT2D eigenvalue weighted by Crippen LogP contribution is 2.24. The van der Waals surface area contributed by atoms with Crippen molar-refractivity contribution in [3.63, 3.8) is 0 Å². The number of hydrogen-bond acceptors (Lipinski definition) is 7. The lowest BCUT2D eigenvalue weighted by Gasteiger charge is -2.09. The number of anilines is 1. The highest BCUT2D eigenvalue weighted by Gasteiger charge is 2.16. The molecule has 0 saturated heterocycles. The molecule has 0 unspecified atom stereocenters. The van der Waals surface area contributed by atoms with E-state index in [-0.39, 0.29) is 11.4 Å². The van der Waals surface area contributed by atoms with E-state index in [1.54, 1.807) is 6.92 Å². The Bertz CT molecular complexity index is 727. The minimum atomic E-state index is -3.65. The molecule has 0 radical (unpaired) electrons. The van der Waals surface area contributed by atoms with Crippen molar-refractivity contribution < 1.29 is 17.7 Å². The van der Waals surface area contributed by atoms with E-state index in [2.05, 4.69) is 14.9 Å². The van der Waals surface area contributed by atoms with Crippen molar-refractivity contribution in [2.24, 2.45) is 0 Å². The summed E-state index contributed by atoms with van der Waals surface area (Å²) in [6, 6.07) is 4.26. The summed E-state index contributed by atoms with van der Waals surface area (Å²) in [5.74, 6) is 1.20. The van der Waals surface area contributed by atoms with E-state index in [1.165, 1.54) is 25.3 Å². The van der Waals surface area contributed by atoms with Gasteiger partial charge in [0.25, 0.3) is 0 Å². The topological polar surface area (TPSA) is 120 Å². The smallest absolute Gasteiger partial charge is 0.240 e. The van der Waals surface area contributed by atoms with Crippen LogP contribution >= 0.6 is 0 Å². The number of hydrogen-bond donors (Lipinski definition) is 2. The molecule has 0 atom stereocenters. The van der Waals surface area contributed by atoms with E-state index in [4.69, 9.17) is 15.0 Å². The first kappa shape index (κ1) is 15.3. The number of aromatic nitrogens is 2. The number of nitrogens with zero attached hydrogens (tertiary/aromatic N) is 2. The Hall–Kier alpha value is -2.13. The Kier molecular flexibility index (Phi) is 4.43. The summed E-state index contributed by atoms with van der Waals surface area (Å²) in [5.41, 5.74) is 6.03. The van der Waals surface area contributed by atoms with Crippen LogP contribution in [0.1, 0.15) is 11.7 Å². The third-order valence-electron chi connectivity index (χ3n) is 2.72. The van der Waals surface area contributed by atoms with E-state index in [9.17, 15) is 8.42 Å². The third-order valence-corrected chi connectivity index (χ3v) is 4.17. The fourth-order valence-electron chi connectivity index (χ4n) is 1.68. The highest BCUT2D eigenvalue weighted by atomic mass is 32.2. The van der Waals surface area contributed by atoms with Crippen LogP contribution in [-0.2, 0) is 16.4 Å². The number of methoxy groups -OCH3 is 1. The molecule has 21 heavy (non-hydrogen) atoms. The number of ether oxygens (including phenoxy) is 1. The summed E-state index contributed by atoms with van der Waals surface area (Å²) < 4.78 is 36.6. The van der Waals surface area contributed by atoms with E-state index < -0.39 is 10.0 Å². The van der Waals surface area contributed by atoms with Gasteiger partial charge in [-0.2, -0.15) is 4.98 Å². The first-order valence-corrected chi connectivity index (χ1v) is 7.63. The summed E-state index contributed by atoms with van der Waals surface area (Å²) in [6.07, 6.45) is 0.312. The van der Waals surface area contributed by atoms with Gasteiger partial charge in [0.1, 0.15) is 5.75 Å². The van der Waals surface area contributed by atoms with Gasteiger partial charge in [0.2, 0.25) is 15.9 Å². The average molecular weight is 312 g/mol. The van der Waals surface area contributed by atoms with Crippen LogP contribution in [-0.4, -0.2) is 32.2 Å². The molecule has 0 aliphatic heterocycles. The average Bonchev–Trinajstić information content (AvgIpc) is 2.84. The normalized spacial score (nSPS) is 11.5. The number of nitrogen functional groups attached to an aromatic ring is 1. The van der Waals surface area contributed by atoms with Gasteiger partial charge >= 0.3 is 0 Å². The van der Waals surface area contributed by atoms with E-state index in [0.29, 0.717) is 29.6 Å². The standard InChI is InChI=1S/C12H16N4O4S/c1-8-15-12(20-16-8)5-6-14-21(17,18)9-3-4-10(13)11(7-9)19-2/h3-4,7,14H,5-6,13H2,1-2H3. The molecule has 1 aromatic heterocycles. The van der Waals surface area contributed by atoms with Crippen molar-refractivity contribution in [3.05, 3.63) is 29.9 Å². The fourth-order valence-corrected chi connectivity index (χ4v) is 2.72. The molecule has 0 bridgehead atoms. The first-order valence-electron chi connectivity index (χ1n) is 6.15. The molecule has 1 aromatic carbocycles. The number of sulfonamides is 1. The predicted molar refractivity (Wildman–Crippen MR) is 75.3 cm³/mol. The molecule has 3 N–H and O–H groups in total. The van der Waals surface area contributed by atoms with Crippen molar-refractivity contribution in [1.29, 1.82) is 0 Å². The lowest BCUT2D eigenvalue weighted by molar-refractivity contribution is 0.375. The van der Waals surface area contributed by atoms with Crippen LogP contribution in [0.25, 0.3) is 0 Å².